The van der Waals surface area contributed by atoms with Crippen molar-refractivity contribution in [3.63, 3.8) is 0 Å². The van der Waals surface area contributed by atoms with Crippen molar-refractivity contribution in [1.82, 2.24) is 14.5 Å². The third-order valence-electron chi connectivity index (χ3n) is 6.31. The Kier molecular flexibility index (Phi) is 4.73. The van der Waals surface area contributed by atoms with Crippen molar-refractivity contribution in [2.75, 3.05) is 0 Å². The lowest BCUT2D eigenvalue weighted by atomic mass is 9.99. The Morgan fingerprint density at radius 3 is 1.61 bits per heavy atom. The van der Waals surface area contributed by atoms with E-state index in [1.807, 2.05) is 24.8 Å². The summed E-state index contributed by atoms with van der Waals surface area (Å²) in [6.45, 7) is 2.12. The van der Waals surface area contributed by atoms with Crippen LogP contribution in [0.25, 0.3) is 38.6 Å². The first-order chi connectivity index (χ1) is 16.3. The summed E-state index contributed by atoms with van der Waals surface area (Å²) >= 11 is 0. The van der Waals surface area contributed by atoms with E-state index in [0.717, 1.165) is 33.9 Å². The summed E-state index contributed by atoms with van der Waals surface area (Å²) in [6.07, 6.45) is 8.45. The van der Waals surface area contributed by atoms with E-state index in [0.29, 0.717) is 0 Å². The number of fused-ring (bicyclic) bond motifs is 3. The van der Waals surface area contributed by atoms with Crippen LogP contribution in [-0.4, -0.2) is 14.5 Å². The molecule has 158 valence electrons. The standard InChI is InChI=1S/C30H23N3/c1-21-2-8-24(9-3-21)25-10-4-22(5-11-25)18-23-6-12-26(13-7-23)33-29-14-16-31-19-27(29)28-20-32-17-15-30(28)33/h2-17,19-20H,18H2,1H3. The zero-order valence-electron chi connectivity index (χ0n) is 18.4. The second-order valence-corrected chi connectivity index (χ2v) is 8.53. The molecule has 0 atom stereocenters. The van der Waals surface area contributed by atoms with Crippen LogP contribution in [0, 0.1) is 6.92 Å². The first-order valence-electron chi connectivity index (χ1n) is 11.2. The first kappa shape index (κ1) is 19.4. The normalized spacial score (nSPS) is 11.3. The maximum Gasteiger partial charge on any atom is 0.0572 e. The molecule has 3 aromatic heterocycles. The second-order valence-electron chi connectivity index (χ2n) is 8.53. The number of aromatic nitrogens is 3. The van der Waals surface area contributed by atoms with Crippen LogP contribution in [0.1, 0.15) is 16.7 Å². The predicted octanol–water partition coefficient (Wildman–Crippen LogP) is 7.14. The first-order valence-corrected chi connectivity index (χ1v) is 11.2. The zero-order valence-corrected chi connectivity index (χ0v) is 18.4. The summed E-state index contributed by atoms with van der Waals surface area (Å²) in [5, 5.41) is 2.25. The van der Waals surface area contributed by atoms with E-state index < -0.39 is 0 Å². The van der Waals surface area contributed by atoms with Gasteiger partial charge in [0.15, 0.2) is 0 Å². The molecule has 0 bridgehead atoms. The van der Waals surface area contributed by atoms with Crippen LogP contribution in [0.3, 0.4) is 0 Å². The Labute approximate surface area is 193 Å². The Morgan fingerprint density at radius 2 is 1.06 bits per heavy atom. The smallest absolute Gasteiger partial charge is 0.0572 e. The van der Waals surface area contributed by atoms with Gasteiger partial charge in [0.1, 0.15) is 0 Å². The highest BCUT2D eigenvalue weighted by molar-refractivity contribution is 6.08. The fourth-order valence-corrected chi connectivity index (χ4v) is 4.55. The van der Waals surface area contributed by atoms with Gasteiger partial charge < -0.3 is 4.57 Å². The van der Waals surface area contributed by atoms with Gasteiger partial charge in [-0.2, -0.15) is 0 Å². The molecule has 0 radical (unpaired) electrons. The molecule has 0 fully saturated rings. The lowest BCUT2D eigenvalue weighted by Gasteiger charge is -2.09. The van der Waals surface area contributed by atoms with Gasteiger partial charge in [-0.3, -0.25) is 9.97 Å². The highest BCUT2D eigenvalue weighted by Crippen LogP contribution is 2.31. The van der Waals surface area contributed by atoms with Crippen LogP contribution in [0.15, 0.2) is 110 Å². The molecule has 33 heavy (non-hydrogen) atoms. The molecule has 0 N–H and O–H groups in total. The third-order valence-corrected chi connectivity index (χ3v) is 6.31. The predicted molar refractivity (Wildman–Crippen MR) is 136 cm³/mol. The van der Waals surface area contributed by atoms with Crippen LogP contribution in [0.2, 0.25) is 0 Å². The third kappa shape index (κ3) is 3.58. The largest absolute Gasteiger partial charge is 0.309 e. The van der Waals surface area contributed by atoms with E-state index in [1.54, 1.807) is 0 Å². The molecule has 6 aromatic rings. The summed E-state index contributed by atoms with van der Waals surface area (Å²) in [7, 11) is 0. The van der Waals surface area contributed by atoms with Gasteiger partial charge in [0, 0.05) is 41.2 Å². The monoisotopic (exact) mass is 425 g/mol. The number of aryl methyl sites for hydroxylation is 1. The Morgan fingerprint density at radius 1 is 0.576 bits per heavy atom. The average molecular weight is 426 g/mol. The van der Waals surface area contributed by atoms with Gasteiger partial charge in [0.05, 0.1) is 11.0 Å². The number of rotatable bonds is 4. The van der Waals surface area contributed by atoms with E-state index in [-0.39, 0.29) is 0 Å². The maximum absolute atomic E-state index is 4.32. The summed E-state index contributed by atoms with van der Waals surface area (Å²) < 4.78 is 2.29. The number of nitrogens with zero attached hydrogens (tertiary/aromatic N) is 3. The second kappa shape index (κ2) is 8.03. The quantitative estimate of drug-likeness (QED) is 0.300. The van der Waals surface area contributed by atoms with Crippen molar-refractivity contribution in [2.45, 2.75) is 13.3 Å². The minimum absolute atomic E-state index is 0.912. The molecule has 3 heterocycles. The van der Waals surface area contributed by atoms with Crippen molar-refractivity contribution in [3.8, 4) is 16.8 Å². The molecule has 0 aliphatic rings. The average Bonchev–Trinajstić information content (AvgIpc) is 3.20. The summed E-state index contributed by atoms with van der Waals surface area (Å²) in [6, 6.07) is 30.6. The highest BCUT2D eigenvalue weighted by atomic mass is 15.0. The van der Waals surface area contributed by atoms with Crippen molar-refractivity contribution < 1.29 is 0 Å². The summed E-state index contributed by atoms with van der Waals surface area (Å²) in [5.41, 5.74) is 9.84. The molecule has 0 unspecified atom stereocenters. The van der Waals surface area contributed by atoms with Crippen molar-refractivity contribution >= 4 is 21.8 Å². The van der Waals surface area contributed by atoms with Crippen LogP contribution in [0.4, 0.5) is 0 Å². The van der Waals surface area contributed by atoms with Crippen molar-refractivity contribution in [2.24, 2.45) is 0 Å². The molecule has 0 spiro atoms. The van der Waals surface area contributed by atoms with E-state index in [2.05, 4.69) is 106 Å². The van der Waals surface area contributed by atoms with Crippen molar-refractivity contribution in [3.05, 3.63) is 126 Å². The molecule has 3 heteroatoms. The van der Waals surface area contributed by atoms with Crippen molar-refractivity contribution in [1.29, 1.82) is 0 Å². The molecule has 0 aliphatic heterocycles. The Balaban J connectivity index is 1.29. The number of pyridine rings is 2. The number of benzene rings is 3. The molecule has 0 saturated carbocycles. The summed E-state index contributed by atoms with van der Waals surface area (Å²) in [5.74, 6) is 0. The molecule has 3 aromatic carbocycles. The minimum Gasteiger partial charge on any atom is -0.309 e. The van der Waals surface area contributed by atoms with E-state index in [1.165, 1.54) is 27.8 Å². The Bertz CT molecular complexity index is 1510. The van der Waals surface area contributed by atoms with E-state index >= 15 is 0 Å². The molecule has 0 amide bonds. The van der Waals surface area contributed by atoms with Crippen LogP contribution in [0.5, 0.6) is 0 Å². The topological polar surface area (TPSA) is 30.7 Å². The van der Waals surface area contributed by atoms with Gasteiger partial charge in [0.2, 0.25) is 0 Å². The number of hydrogen-bond donors (Lipinski definition) is 0. The van der Waals surface area contributed by atoms with Gasteiger partial charge in [-0.05, 0) is 59.9 Å². The maximum atomic E-state index is 4.32. The van der Waals surface area contributed by atoms with Gasteiger partial charge in [-0.25, -0.2) is 0 Å². The van der Waals surface area contributed by atoms with Crippen LogP contribution < -0.4 is 0 Å². The van der Waals surface area contributed by atoms with Gasteiger partial charge in [-0.15, -0.1) is 0 Å². The van der Waals surface area contributed by atoms with Crippen LogP contribution in [-0.2, 0) is 6.42 Å². The molecular formula is C30H23N3. The summed E-state index contributed by atoms with van der Waals surface area (Å²) in [4.78, 5) is 8.64. The fraction of sp³-hybridized carbons (Fsp3) is 0.0667. The molecule has 0 aliphatic carbocycles. The highest BCUT2D eigenvalue weighted by Gasteiger charge is 2.12. The number of hydrogen-bond acceptors (Lipinski definition) is 2. The molecule has 0 saturated heterocycles. The van der Waals surface area contributed by atoms with E-state index in [9.17, 15) is 0 Å². The minimum atomic E-state index is 0.912. The fourth-order valence-electron chi connectivity index (χ4n) is 4.55. The van der Waals surface area contributed by atoms with Gasteiger partial charge in [-0.1, -0.05) is 66.2 Å². The van der Waals surface area contributed by atoms with Crippen LogP contribution >= 0.6 is 0 Å². The zero-order chi connectivity index (χ0) is 22.2. The Hall–Kier alpha value is -4.24. The van der Waals surface area contributed by atoms with Gasteiger partial charge >= 0.3 is 0 Å². The SMILES string of the molecule is Cc1ccc(-c2ccc(Cc3ccc(-n4c5ccncc5c5cnccc54)cc3)cc2)cc1. The molecule has 3 nitrogen and oxygen atoms in total. The van der Waals surface area contributed by atoms with Gasteiger partial charge in [0.25, 0.3) is 0 Å². The van der Waals surface area contributed by atoms with E-state index in [4.69, 9.17) is 0 Å². The molecule has 6 rings (SSSR count). The lowest BCUT2D eigenvalue weighted by molar-refractivity contribution is 1.14. The molecular weight excluding hydrogens is 402 g/mol. The lowest BCUT2D eigenvalue weighted by Crippen LogP contribution is -1.95.